The van der Waals surface area contributed by atoms with E-state index in [9.17, 15) is 18.8 Å². The lowest BCUT2D eigenvalue weighted by molar-refractivity contribution is -0.147. The summed E-state index contributed by atoms with van der Waals surface area (Å²) in [5.41, 5.74) is 3.87. The number of esters is 1. The number of carbonyl (C=O) groups excluding carboxylic acids is 3. The Morgan fingerprint density at radius 1 is 1.00 bits per heavy atom. The molecule has 2 aromatic rings. The molecule has 0 fully saturated rings. The van der Waals surface area contributed by atoms with E-state index in [1.54, 1.807) is 19.1 Å². The molecule has 0 aromatic heterocycles. The number of hydrogen-bond acceptors (Lipinski definition) is 4. The van der Waals surface area contributed by atoms with E-state index in [0.29, 0.717) is 5.56 Å². The second kappa shape index (κ2) is 9.45. The lowest BCUT2D eigenvalue weighted by Gasteiger charge is -2.16. The molecule has 6 heteroatoms. The van der Waals surface area contributed by atoms with E-state index >= 15 is 0 Å². The molecule has 1 N–H and O–H groups in total. The third-order valence-corrected chi connectivity index (χ3v) is 4.99. The van der Waals surface area contributed by atoms with Crippen molar-refractivity contribution in [3.05, 3.63) is 64.5 Å². The van der Waals surface area contributed by atoms with Gasteiger partial charge in [0.2, 0.25) is 0 Å². The number of anilines is 1. The molecule has 0 spiro atoms. The molecule has 0 saturated carbocycles. The van der Waals surface area contributed by atoms with Gasteiger partial charge in [0, 0.05) is 12.0 Å². The van der Waals surface area contributed by atoms with Crippen molar-refractivity contribution in [1.82, 2.24) is 0 Å². The van der Waals surface area contributed by atoms with Gasteiger partial charge in [0.15, 0.2) is 12.4 Å². The third kappa shape index (κ3) is 5.73. The van der Waals surface area contributed by atoms with Crippen LogP contribution in [0.1, 0.15) is 52.7 Å². The van der Waals surface area contributed by atoms with E-state index in [1.807, 2.05) is 12.1 Å². The quantitative estimate of drug-likeness (QED) is 0.563. The Morgan fingerprint density at radius 2 is 1.76 bits per heavy atom. The van der Waals surface area contributed by atoms with Crippen molar-refractivity contribution in [2.45, 2.75) is 45.4 Å². The number of halogens is 1. The summed E-state index contributed by atoms with van der Waals surface area (Å²) in [4.78, 5) is 36.0. The van der Waals surface area contributed by atoms with Crippen molar-refractivity contribution in [3.8, 4) is 0 Å². The second-order valence-electron chi connectivity index (χ2n) is 7.31. The summed E-state index contributed by atoms with van der Waals surface area (Å²) in [6, 6.07) is 10.1. The van der Waals surface area contributed by atoms with Gasteiger partial charge in [-0.25, -0.2) is 4.39 Å². The summed E-state index contributed by atoms with van der Waals surface area (Å²) in [6.07, 6.45) is 4.25. The lowest BCUT2D eigenvalue weighted by atomic mass is 9.89. The number of benzene rings is 2. The molecule has 1 aliphatic rings. The van der Waals surface area contributed by atoms with Gasteiger partial charge in [-0.05, 0) is 67.5 Å². The molecule has 1 aliphatic carbocycles. The van der Waals surface area contributed by atoms with Gasteiger partial charge in [-0.3, -0.25) is 14.4 Å². The zero-order chi connectivity index (χ0) is 20.8. The summed E-state index contributed by atoms with van der Waals surface area (Å²) in [5.74, 6) is -1.96. The fourth-order valence-electron chi connectivity index (χ4n) is 3.39. The van der Waals surface area contributed by atoms with Gasteiger partial charge in [0.05, 0.1) is 12.1 Å². The molecule has 2 aromatic carbocycles. The average molecular weight is 397 g/mol. The molecule has 29 heavy (non-hydrogen) atoms. The molecule has 0 radical (unpaired) electrons. The molecule has 1 amide bonds. The Hall–Kier alpha value is -3.02. The van der Waals surface area contributed by atoms with Crippen LogP contribution in [-0.2, 0) is 27.2 Å². The van der Waals surface area contributed by atoms with Crippen LogP contribution in [0.2, 0.25) is 0 Å². The Kier molecular flexibility index (Phi) is 6.75. The smallest absolute Gasteiger partial charge is 0.306 e. The monoisotopic (exact) mass is 397 g/mol. The zero-order valence-electron chi connectivity index (χ0n) is 16.4. The lowest BCUT2D eigenvalue weighted by Crippen LogP contribution is -2.21. The first-order valence-electron chi connectivity index (χ1n) is 9.79. The molecule has 152 valence electrons. The second-order valence-corrected chi connectivity index (χ2v) is 7.31. The van der Waals surface area contributed by atoms with Crippen molar-refractivity contribution in [2.75, 3.05) is 11.9 Å². The minimum absolute atomic E-state index is 0.0197. The Morgan fingerprint density at radius 3 is 2.52 bits per heavy atom. The van der Waals surface area contributed by atoms with Crippen LogP contribution in [0.3, 0.4) is 0 Å². The van der Waals surface area contributed by atoms with Gasteiger partial charge in [-0.2, -0.15) is 0 Å². The fourth-order valence-corrected chi connectivity index (χ4v) is 3.39. The number of carbonyl (C=O) groups is 3. The molecule has 0 saturated heterocycles. The Bertz CT molecular complexity index is 938. The maximum atomic E-state index is 13.7. The summed E-state index contributed by atoms with van der Waals surface area (Å²) in [5, 5.41) is 2.35. The highest BCUT2D eigenvalue weighted by molar-refractivity contribution is 5.98. The van der Waals surface area contributed by atoms with E-state index in [4.69, 9.17) is 4.74 Å². The maximum Gasteiger partial charge on any atom is 0.306 e. The van der Waals surface area contributed by atoms with Gasteiger partial charge in [0.25, 0.3) is 5.91 Å². The van der Waals surface area contributed by atoms with E-state index < -0.39 is 24.3 Å². The van der Waals surface area contributed by atoms with Crippen molar-refractivity contribution >= 4 is 23.3 Å². The van der Waals surface area contributed by atoms with Crippen LogP contribution in [0.5, 0.6) is 0 Å². The summed E-state index contributed by atoms with van der Waals surface area (Å²) in [7, 11) is 0. The highest BCUT2D eigenvalue weighted by Crippen LogP contribution is 2.23. The molecule has 0 aliphatic heterocycles. The molecular formula is C23H24FNO4. The molecule has 5 nitrogen and oxygen atoms in total. The summed E-state index contributed by atoms with van der Waals surface area (Å²) in [6.45, 7) is 1.21. The van der Waals surface area contributed by atoms with E-state index in [-0.39, 0.29) is 24.3 Å². The normalized spacial score (nSPS) is 12.8. The number of fused-ring (bicyclic) bond motifs is 1. The summed E-state index contributed by atoms with van der Waals surface area (Å²) >= 11 is 0. The van der Waals surface area contributed by atoms with Gasteiger partial charge in [-0.1, -0.05) is 18.2 Å². The number of ketones is 1. The van der Waals surface area contributed by atoms with E-state index in [0.717, 1.165) is 24.8 Å². The zero-order valence-corrected chi connectivity index (χ0v) is 16.4. The predicted molar refractivity (Wildman–Crippen MR) is 107 cm³/mol. The average Bonchev–Trinajstić information content (AvgIpc) is 2.72. The van der Waals surface area contributed by atoms with E-state index in [2.05, 4.69) is 5.32 Å². The van der Waals surface area contributed by atoms with Crippen LogP contribution < -0.4 is 5.32 Å². The van der Waals surface area contributed by atoms with E-state index in [1.165, 1.54) is 29.7 Å². The molecule has 0 atom stereocenters. The number of nitrogens with one attached hydrogen (secondary N) is 1. The van der Waals surface area contributed by atoms with Crippen molar-refractivity contribution in [2.24, 2.45) is 0 Å². The van der Waals surface area contributed by atoms with Crippen molar-refractivity contribution in [1.29, 1.82) is 0 Å². The standard InChI is InChI=1S/C23H24FNO4/c1-15-6-9-20(19(24)12-15)25-22(27)14-29-23(28)11-10-21(26)18-8-7-16-4-2-3-5-17(16)13-18/h6-9,12-13H,2-5,10-11,14H2,1H3,(H,25,27). The van der Waals surface area contributed by atoms with Gasteiger partial charge < -0.3 is 10.1 Å². The van der Waals surface area contributed by atoms with Crippen molar-refractivity contribution < 1.29 is 23.5 Å². The Balaban J connectivity index is 1.43. The number of rotatable bonds is 7. The maximum absolute atomic E-state index is 13.7. The Labute approximate surface area is 169 Å². The number of ether oxygens (including phenoxy) is 1. The van der Waals surface area contributed by atoms with Gasteiger partial charge >= 0.3 is 5.97 Å². The first kappa shape index (κ1) is 20.7. The van der Waals surface area contributed by atoms with Crippen molar-refractivity contribution in [3.63, 3.8) is 0 Å². The van der Waals surface area contributed by atoms with Crippen LogP contribution in [0, 0.1) is 12.7 Å². The molecular weight excluding hydrogens is 373 g/mol. The molecule has 0 bridgehead atoms. The third-order valence-electron chi connectivity index (χ3n) is 4.99. The van der Waals surface area contributed by atoms with Crippen LogP contribution in [0.4, 0.5) is 10.1 Å². The molecule has 0 unspecified atom stereocenters. The van der Waals surface area contributed by atoms with Crippen LogP contribution in [0.25, 0.3) is 0 Å². The largest absolute Gasteiger partial charge is 0.456 e. The number of hydrogen-bond donors (Lipinski definition) is 1. The van der Waals surface area contributed by atoms with Crippen LogP contribution in [-0.4, -0.2) is 24.3 Å². The number of aryl methyl sites for hydroxylation is 3. The number of Topliss-reactive ketones (excluding diaryl/α,β-unsaturated/α-hetero) is 1. The molecule has 3 rings (SSSR count). The molecule has 0 heterocycles. The minimum Gasteiger partial charge on any atom is -0.456 e. The predicted octanol–water partition coefficient (Wildman–Crippen LogP) is 4.16. The highest BCUT2D eigenvalue weighted by atomic mass is 19.1. The number of amides is 1. The fraction of sp³-hybridized carbons (Fsp3) is 0.348. The first-order valence-corrected chi connectivity index (χ1v) is 9.79. The topological polar surface area (TPSA) is 72.5 Å². The van der Waals surface area contributed by atoms with Gasteiger partial charge in [-0.15, -0.1) is 0 Å². The van der Waals surface area contributed by atoms with Crippen LogP contribution >= 0.6 is 0 Å². The first-order chi connectivity index (χ1) is 13.9. The highest BCUT2D eigenvalue weighted by Gasteiger charge is 2.15. The minimum atomic E-state index is -0.643. The SMILES string of the molecule is Cc1ccc(NC(=O)COC(=O)CCC(=O)c2ccc3c(c2)CCCC3)c(F)c1. The van der Waals surface area contributed by atoms with Gasteiger partial charge in [0.1, 0.15) is 5.82 Å². The van der Waals surface area contributed by atoms with Crippen LogP contribution in [0.15, 0.2) is 36.4 Å². The summed E-state index contributed by atoms with van der Waals surface area (Å²) < 4.78 is 18.6.